The van der Waals surface area contributed by atoms with Crippen molar-refractivity contribution in [2.45, 2.75) is 96.9 Å². The molecule has 1 aliphatic rings. The van der Waals surface area contributed by atoms with Gasteiger partial charge in [-0.2, -0.15) is 0 Å². The number of aliphatic hydroxyl groups is 1. The Balaban J connectivity index is 3.37. The molecule has 142 valence electrons. The quantitative estimate of drug-likeness (QED) is 0.388. The first-order chi connectivity index (χ1) is 11.0. The van der Waals surface area contributed by atoms with Crippen molar-refractivity contribution >= 4 is 16.4 Å². The van der Waals surface area contributed by atoms with E-state index in [1.165, 1.54) is 0 Å². The molecule has 1 aliphatic carbocycles. The minimum atomic E-state index is -2.06. The molecule has 0 amide bonds. The molecule has 0 heterocycles. The Kier molecular flexibility index (Phi) is 6.18. The lowest BCUT2D eigenvalue weighted by Crippen LogP contribution is -2.55. The third kappa shape index (κ3) is 4.78. The topological polar surface area (TPSA) is 29.5 Å². The highest BCUT2D eigenvalue weighted by molar-refractivity contribution is 6.83. The van der Waals surface area contributed by atoms with Gasteiger partial charge in [0.2, 0.25) is 0 Å². The number of hydrogen-bond acceptors (Lipinski definition) is 2. The largest absolute Gasteiger partial charge is 0.401 e. The van der Waals surface area contributed by atoms with Crippen LogP contribution in [-0.2, 0) is 4.43 Å². The van der Waals surface area contributed by atoms with Gasteiger partial charge in [-0.15, -0.1) is 11.3 Å². The molecule has 0 radical (unpaired) electrons. The molecule has 2 atom stereocenters. The van der Waals surface area contributed by atoms with Crippen molar-refractivity contribution in [1.82, 2.24) is 0 Å². The summed E-state index contributed by atoms with van der Waals surface area (Å²) in [6, 6.07) is 0. The molecule has 1 N–H and O–H groups in total. The highest BCUT2D eigenvalue weighted by Crippen LogP contribution is 2.60. The summed E-state index contributed by atoms with van der Waals surface area (Å²) in [6.45, 7) is 25.5. The van der Waals surface area contributed by atoms with Crippen LogP contribution in [-0.4, -0.2) is 33.2 Å². The fourth-order valence-electron chi connectivity index (χ4n) is 2.84. The van der Waals surface area contributed by atoms with Gasteiger partial charge in [0.25, 0.3) is 0 Å². The smallest absolute Gasteiger partial charge is 0.193 e. The van der Waals surface area contributed by atoms with Gasteiger partial charge in [0, 0.05) is 5.41 Å². The number of rotatable bonds is 5. The van der Waals surface area contributed by atoms with E-state index in [0.29, 0.717) is 0 Å². The molecular formula is C21H38O2Si2. The lowest BCUT2D eigenvalue weighted by molar-refractivity contribution is -0.0705. The second-order valence-electron chi connectivity index (χ2n) is 10.3. The van der Waals surface area contributed by atoms with Gasteiger partial charge in [-0.3, -0.25) is 0 Å². The fraction of sp³-hybridized carbons (Fsp3) is 0.762. The second-order valence-corrected chi connectivity index (χ2v) is 19.8. The SMILES string of the molecule is C=C=C(C)C1(C(C)(O)C(C#C[Si](C)(C)C)O[Si](C)(C)C(C)(C)C)CC1. The van der Waals surface area contributed by atoms with Crippen LogP contribution in [0.5, 0.6) is 0 Å². The zero-order chi connectivity index (χ0) is 19.9. The lowest BCUT2D eigenvalue weighted by atomic mass is 9.77. The van der Waals surface area contributed by atoms with Crippen LogP contribution in [0.4, 0.5) is 0 Å². The first kappa shape index (κ1) is 22.5. The Morgan fingerprint density at radius 2 is 1.60 bits per heavy atom. The molecule has 1 saturated carbocycles. The van der Waals surface area contributed by atoms with Crippen LogP contribution in [0.25, 0.3) is 0 Å². The average molecular weight is 379 g/mol. The fourth-order valence-corrected chi connectivity index (χ4v) is 4.64. The second kappa shape index (κ2) is 6.87. The molecule has 0 aliphatic heterocycles. The van der Waals surface area contributed by atoms with Crippen LogP contribution >= 0.6 is 0 Å². The van der Waals surface area contributed by atoms with Gasteiger partial charge in [-0.25, -0.2) is 0 Å². The first-order valence-corrected chi connectivity index (χ1v) is 15.7. The van der Waals surface area contributed by atoms with Crippen molar-refractivity contribution in [1.29, 1.82) is 0 Å². The van der Waals surface area contributed by atoms with E-state index in [2.05, 4.69) is 77.3 Å². The Morgan fingerprint density at radius 1 is 1.12 bits per heavy atom. The Bertz CT molecular complexity index is 611. The average Bonchev–Trinajstić information content (AvgIpc) is 3.21. The summed E-state index contributed by atoms with van der Waals surface area (Å²) >= 11 is 0. The summed E-state index contributed by atoms with van der Waals surface area (Å²) < 4.78 is 6.66. The molecule has 2 nitrogen and oxygen atoms in total. The molecule has 1 fully saturated rings. The summed E-state index contributed by atoms with van der Waals surface area (Å²) in [5, 5.41) is 11.7. The van der Waals surface area contributed by atoms with Crippen LogP contribution in [0.2, 0.25) is 37.8 Å². The van der Waals surface area contributed by atoms with Gasteiger partial charge >= 0.3 is 0 Å². The van der Waals surface area contributed by atoms with Crippen LogP contribution in [0, 0.1) is 16.9 Å². The summed E-state index contributed by atoms with van der Waals surface area (Å²) in [7, 11) is -3.63. The Labute approximate surface area is 157 Å². The molecule has 1 rings (SSSR count). The van der Waals surface area contributed by atoms with Crippen molar-refractivity contribution < 1.29 is 9.53 Å². The van der Waals surface area contributed by atoms with E-state index in [0.717, 1.165) is 18.4 Å². The van der Waals surface area contributed by atoms with Crippen LogP contribution < -0.4 is 0 Å². The standard InChI is InChI=1S/C21H38O2Si2/c1-12-17(2)21(14-15-21)20(6,22)18(13-16-24(7,8)9)23-25(10,11)19(3,4)5/h18,22H,1,14-15H2,2-11H3. The summed E-state index contributed by atoms with van der Waals surface area (Å²) in [5.41, 5.74) is 6.15. The van der Waals surface area contributed by atoms with E-state index in [9.17, 15) is 5.11 Å². The molecule has 0 aromatic heterocycles. The molecule has 0 spiro atoms. The maximum absolute atomic E-state index is 11.6. The van der Waals surface area contributed by atoms with Crippen molar-refractivity contribution in [3.05, 3.63) is 17.9 Å². The van der Waals surface area contributed by atoms with Crippen molar-refractivity contribution in [3.8, 4) is 11.5 Å². The third-order valence-electron chi connectivity index (χ3n) is 6.01. The van der Waals surface area contributed by atoms with Gasteiger partial charge in [-0.05, 0) is 50.4 Å². The van der Waals surface area contributed by atoms with E-state index in [1.54, 1.807) is 0 Å². The van der Waals surface area contributed by atoms with Crippen molar-refractivity contribution in [2.75, 3.05) is 0 Å². The van der Waals surface area contributed by atoms with E-state index in [-0.39, 0.29) is 10.5 Å². The zero-order valence-corrected chi connectivity index (χ0v) is 20.1. The predicted molar refractivity (Wildman–Crippen MR) is 114 cm³/mol. The van der Waals surface area contributed by atoms with Crippen molar-refractivity contribution in [3.63, 3.8) is 0 Å². The summed E-state index contributed by atoms with van der Waals surface area (Å²) in [5.74, 6) is 3.37. The van der Waals surface area contributed by atoms with Gasteiger partial charge in [0.05, 0.1) is 0 Å². The van der Waals surface area contributed by atoms with E-state index >= 15 is 0 Å². The van der Waals surface area contributed by atoms with Gasteiger partial charge in [0.15, 0.2) is 8.32 Å². The van der Waals surface area contributed by atoms with Gasteiger partial charge in [-0.1, -0.05) is 52.9 Å². The third-order valence-corrected chi connectivity index (χ3v) is 11.3. The Hall–Kier alpha value is -0.566. The van der Waals surface area contributed by atoms with Crippen LogP contribution in [0.1, 0.15) is 47.5 Å². The van der Waals surface area contributed by atoms with E-state index in [4.69, 9.17) is 4.43 Å². The van der Waals surface area contributed by atoms with Crippen molar-refractivity contribution in [2.24, 2.45) is 5.41 Å². The van der Waals surface area contributed by atoms with E-state index in [1.807, 2.05) is 13.8 Å². The number of hydrogen-bond donors (Lipinski definition) is 1. The van der Waals surface area contributed by atoms with Crippen LogP contribution in [0.15, 0.2) is 17.9 Å². The van der Waals surface area contributed by atoms with Crippen LogP contribution in [0.3, 0.4) is 0 Å². The monoisotopic (exact) mass is 378 g/mol. The maximum atomic E-state index is 11.6. The molecule has 25 heavy (non-hydrogen) atoms. The molecule has 0 bridgehead atoms. The molecule has 0 aromatic carbocycles. The highest BCUT2D eigenvalue weighted by Gasteiger charge is 2.61. The summed E-state index contributed by atoms with van der Waals surface area (Å²) in [6.07, 6.45) is 1.41. The maximum Gasteiger partial charge on any atom is 0.193 e. The van der Waals surface area contributed by atoms with Gasteiger partial charge in [0.1, 0.15) is 19.8 Å². The molecule has 2 unspecified atom stereocenters. The molecular weight excluding hydrogens is 340 g/mol. The lowest BCUT2D eigenvalue weighted by Gasteiger charge is -2.44. The molecule has 0 saturated heterocycles. The minimum Gasteiger partial charge on any atom is -0.401 e. The first-order valence-electron chi connectivity index (χ1n) is 9.30. The normalized spacial score (nSPS) is 20.6. The molecule has 4 heteroatoms. The Morgan fingerprint density at radius 3 is 1.92 bits per heavy atom. The van der Waals surface area contributed by atoms with E-state index < -0.39 is 28.1 Å². The van der Waals surface area contributed by atoms with Gasteiger partial charge < -0.3 is 9.53 Å². The highest BCUT2D eigenvalue weighted by atomic mass is 28.4. The predicted octanol–water partition coefficient (Wildman–Crippen LogP) is 5.52. The summed E-state index contributed by atoms with van der Waals surface area (Å²) in [4.78, 5) is 0. The molecule has 0 aromatic rings. The zero-order valence-electron chi connectivity index (χ0n) is 18.1. The minimum absolute atomic E-state index is 0.0716.